The molecule has 0 fully saturated rings. The predicted molar refractivity (Wildman–Crippen MR) is 73.9 cm³/mol. The van der Waals surface area contributed by atoms with E-state index >= 15 is 0 Å². The molecule has 0 nitrogen and oxygen atoms in total. The van der Waals surface area contributed by atoms with E-state index in [4.69, 9.17) is 11.1 Å². The van der Waals surface area contributed by atoms with Crippen molar-refractivity contribution in [2.24, 2.45) is 0 Å². The highest BCUT2D eigenvalue weighted by molar-refractivity contribution is 9.10. The quantitative estimate of drug-likeness (QED) is 0.509. The van der Waals surface area contributed by atoms with E-state index in [9.17, 15) is 0 Å². The molecule has 0 N–H and O–H groups in total. The highest BCUT2D eigenvalue weighted by Gasteiger charge is 2.37. The van der Waals surface area contributed by atoms with Crippen molar-refractivity contribution in [2.45, 2.75) is 25.6 Å². The zero-order valence-electron chi connectivity index (χ0n) is 9.14. The first kappa shape index (κ1) is 11.4. The van der Waals surface area contributed by atoms with Crippen molar-refractivity contribution in [1.82, 2.24) is 0 Å². The van der Waals surface area contributed by atoms with Crippen LogP contribution in [0.2, 0.25) is 13.1 Å². The van der Waals surface area contributed by atoms with Crippen molar-refractivity contribution < 1.29 is 0 Å². The van der Waals surface area contributed by atoms with E-state index in [0.717, 1.165) is 0 Å². The Kier molecular flexibility index (Phi) is 2.86. The first-order chi connectivity index (χ1) is 6.91. The number of hydrogen-bond donors (Lipinski definition) is 0. The van der Waals surface area contributed by atoms with Crippen molar-refractivity contribution in [3.8, 4) is 0 Å². The van der Waals surface area contributed by atoms with Gasteiger partial charge in [-0.1, -0.05) is 52.8 Å². The van der Waals surface area contributed by atoms with Crippen LogP contribution in [-0.4, -0.2) is 7.38 Å². The molecule has 0 heterocycles. The van der Waals surface area contributed by atoms with Gasteiger partial charge in [0.1, 0.15) is 0 Å². The third-order valence-corrected chi connectivity index (χ3v) is 6.40. The Morgan fingerprint density at radius 2 is 2.00 bits per heavy atom. The van der Waals surface area contributed by atoms with E-state index in [1.54, 1.807) is 0 Å². The fraction of sp³-hybridized carbons (Fsp3) is 0.333. The third kappa shape index (κ3) is 1.95. The summed E-state index contributed by atoms with van der Waals surface area (Å²) in [4.78, 5) is 0. The van der Waals surface area contributed by atoms with Gasteiger partial charge in [0.15, 0.2) is 7.38 Å². The molecule has 1 aliphatic carbocycles. The Morgan fingerprint density at radius 1 is 1.33 bits per heavy atom. The van der Waals surface area contributed by atoms with E-state index in [1.807, 2.05) is 0 Å². The Hall–Kier alpha value is -0.0531. The third-order valence-electron chi connectivity index (χ3n) is 2.91. The summed E-state index contributed by atoms with van der Waals surface area (Å²) in [6.07, 6.45) is 2.27. The van der Waals surface area contributed by atoms with Gasteiger partial charge in [-0.15, -0.1) is 0 Å². The maximum Gasteiger partial charge on any atom is 0.161 e. The van der Waals surface area contributed by atoms with Crippen molar-refractivity contribution in [2.75, 3.05) is 0 Å². The minimum absolute atomic E-state index is 0.465. The van der Waals surface area contributed by atoms with E-state index in [2.05, 4.69) is 60.2 Å². The SMILES string of the molecule is CC1=Cc2c(Br)cccc2C1[Si](C)(C)Cl. The molecular weight excluding hydrogens is 288 g/mol. The summed E-state index contributed by atoms with van der Waals surface area (Å²) in [5.74, 6) is 0. The Bertz CT molecular complexity index is 432. The van der Waals surface area contributed by atoms with Gasteiger partial charge in [-0.2, -0.15) is 11.1 Å². The predicted octanol–water partition coefficient (Wildman–Crippen LogP) is 4.93. The largest absolute Gasteiger partial charge is 0.167 e. The van der Waals surface area contributed by atoms with Crippen molar-refractivity contribution in [3.05, 3.63) is 39.4 Å². The molecule has 3 heteroatoms. The minimum atomic E-state index is -1.68. The van der Waals surface area contributed by atoms with Crippen molar-refractivity contribution >= 4 is 40.5 Å². The van der Waals surface area contributed by atoms with Gasteiger partial charge in [-0.25, -0.2) is 0 Å². The number of hydrogen-bond acceptors (Lipinski definition) is 0. The van der Waals surface area contributed by atoms with Crippen molar-refractivity contribution in [3.63, 3.8) is 0 Å². The summed E-state index contributed by atoms with van der Waals surface area (Å²) in [6.45, 7) is 6.62. The molecule has 0 radical (unpaired) electrons. The molecule has 0 spiro atoms. The lowest BCUT2D eigenvalue weighted by atomic mass is 10.1. The zero-order chi connectivity index (χ0) is 11.2. The van der Waals surface area contributed by atoms with Crippen LogP contribution in [0, 0.1) is 0 Å². The first-order valence-corrected chi connectivity index (χ1v) is 9.95. The van der Waals surface area contributed by atoms with E-state index < -0.39 is 7.38 Å². The average Bonchev–Trinajstić information content (AvgIpc) is 2.41. The van der Waals surface area contributed by atoms with Crippen molar-refractivity contribution in [1.29, 1.82) is 0 Å². The molecule has 1 aliphatic rings. The highest BCUT2D eigenvalue weighted by atomic mass is 79.9. The fourth-order valence-corrected chi connectivity index (χ4v) is 5.95. The molecule has 2 rings (SSSR count). The maximum absolute atomic E-state index is 6.60. The fourth-order valence-electron chi connectivity index (χ4n) is 2.43. The normalized spacial score (nSPS) is 20.1. The van der Waals surface area contributed by atoms with Crippen LogP contribution >= 0.6 is 27.0 Å². The molecule has 0 saturated heterocycles. The van der Waals surface area contributed by atoms with Gasteiger partial charge >= 0.3 is 0 Å². The number of allylic oxidation sites excluding steroid dienone is 1. The van der Waals surface area contributed by atoms with Crippen LogP contribution in [0.1, 0.15) is 23.6 Å². The average molecular weight is 302 g/mol. The smallest absolute Gasteiger partial charge is 0.161 e. The summed E-state index contributed by atoms with van der Waals surface area (Å²) < 4.78 is 1.18. The Balaban J connectivity index is 2.59. The van der Waals surface area contributed by atoms with Crippen LogP contribution in [0.25, 0.3) is 6.08 Å². The summed E-state index contributed by atoms with van der Waals surface area (Å²) in [6, 6.07) is 6.39. The molecule has 1 atom stereocenters. The van der Waals surface area contributed by atoms with E-state index in [1.165, 1.54) is 21.2 Å². The van der Waals surface area contributed by atoms with Gasteiger partial charge < -0.3 is 0 Å². The van der Waals surface area contributed by atoms with Gasteiger partial charge in [0, 0.05) is 10.0 Å². The number of benzene rings is 1. The summed E-state index contributed by atoms with van der Waals surface area (Å²) in [7, 11) is -1.68. The van der Waals surface area contributed by atoms with Crippen LogP contribution in [0.5, 0.6) is 0 Å². The molecule has 0 aromatic heterocycles. The molecule has 1 aromatic rings. The monoisotopic (exact) mass is 300 g/mol. The van der Waals surface area contributed by atoms with E-state index in [-0.39, 0.29) is 0 Å². The first-order valence-electron chi connectivity index (χ1n) is 5.07. The van der Waals surface area contributed by atoms with Gasteiger partial charge in [-0.3, -0.25) is 0 Å². The standard InChI is InChI=1S/C12H14BrClSi/c1-8-7-10-9(5-4-6-11(10)13)12(8)15(2,3)14/h4-7,12H,1-3H3. The minimum Gasteiger partial charge on any atom is -0.167 e. The highest BCUT2D eigenvalue weighted by Crippen LogP contribution is 2.45. The van der Waals surface area contributed by atoms with Crippen LogP contribution in [0.4, 0.5) is 0 Å². The molecular formula is C12H14BrClSi. The van der Waals surface area contributed by atoms with E-state index in [0.29, 0.717) is 5.54 Å². The van der Waals surface area contributed by atoms with Crippen LogP contribution in [-0.2, 0) is 0 Å². The molecule has 0 aliphatic heterocycles. The molecule has 1 aromatic carbocycles. The molecule has 0 amide bonds. The van der Waals surface area contributed by atoms with Gasteiger partial charge in [-0.05, 0) is 24.1 Å². The Labute approximate surface area is 105 Å². The lowest BCUT2D eigenvalue weighted by Crippen LogP contribution is -2.28. The summed E-state index contributed by atoms with van der Waals surface area (Å²) in [5, 5.41) is 0. The second-order valence-corrected chi connectivity index (χ2v) is 12.1. The molecule has 0 bridgehead atoms. The molecule has 0 saturated carbocycles. The van der Waals surface area contributed by atoms with Crippen LogP contribution < -0.4 is 0 Å². The maximum atomic E-state index is 6.60. The Morgan fingerprint density at radius 3 is 2.60 bits per heavy atom. The molecule has 80 valence electrons. The number of fused-ring (bicyclic) bond motifs is 1. The lowest BCUT2D eigenvalue weighted by Gasteiger charge is -2.25. The summed E-state index contributed by atoms with van der Waals surface area (Å²) >= 11 is 10.2. The van der Waals surface area contributed by atoms with Crippen LogP contribution in [0.3, 0.4) is 0 Å². The lowest BCUT2D eigenvalue weighted by molar-refractivity contribution is 1.09. The van der Waals surface area contributed by atoms with Crippen LogP contribution in [0.15, 0.2) is 28.2 Å². The second kappa shape index (κ2) is 3.76. The topological polar surface area (TPSA) is 0 Å². The molecule has 1 unspecified atom stereocenters. The second-order valence-electron chi connectivity index (χ2n) is 4.63. The number of halogens is 2. The molecule has 15 heavy (non-hydrogen) atoms. The summed E-state index contributed by atoms with van der Waals surface area (Å²) in [5.41, 5.74) is 4.59. The van der Waals surface area contributed by atoms with Gasteiger partial charge in [0.2, 0.25) is 0 Å². The van der Waals surface area contributed by atoms with Gasteiger partial charge in [0.25, 0.3) is 0 Å². The zero-order valence-corrected chi connectivity index (χ0v) is 12.5. The number of rotatable bonds is 1. The van der Waals surface area contributed by atoms with Gasteiger partial charge in [0.05, 0.1) is 0 Å².